The first-order chi connectivity index (χ1) is 4.22. The minimum Gasteiger partial charge on any atom is -0.351 e. The SMILES string of the molecule is [CH2]CCN(CC)C(N)=O. The third kappa shape index (κ3) is 2.95. The van der Waals surface area contributed by atoms with Crippen molar-refractivity contribution in [2.75, 3.05) is 13.1 Å². The lowest BCUT2D eigenvalue weighted by Gasteiger charge is -2.15. The quantitative estimate of drug-likeness (QED) is 0.596. The van der Waals surface area contributed by atoms with Gasteiger partial charge in [-0.25, -0.2) is 4.79 Å². The normalized spacial score (nSPS) is 9.11. The maximum Gasteiger partial charge on any atom is 0.314 e. The largest absolute Gasteiger partial charge is 0.351 e. The molecule has 2 amide bonds. The summed E-state index contributed by atoms with van der Waals surface area (Å²) < 4.78 is 0. The highest BCUT2D eigenvalue weighted by atomic mass is 16.2. The average Bonchev–Trinajstić information content (AvgIpc) is 1.82. The lowest BCUT2D eigenvalue weighted by Crippen LogP contribution is -2.35. The number of nitrogens with two attached hydrogens (primary N) is 1. The van der Waals surface area contributed by atoms with Crippen LogP contribution in [0, 0.1) is 6.92 Å². The molecular weight excluding hydrogens is 116 g/mol. The molecule has 0 aromatic heterocycles. The standard InChI is InChI=1S/C6H13N2O/c1-3-5-8(4-2)6(7)9/h1,3-5H2,2H3,(H2,7,9). The Morgan fingerprint density at radius 3 is 2.44 bits per heavy atom. The second kappa shape index (κ2) is 4.18. The Labute approximate surface area is 55.8 Å². The zero-order valence-electron chi connectivity index (χ0n) is 5.76. The fraction of sp³-hybridized carbons (Fsp3) is 0.667. The molecule has 53 valence electrons. The lowest BCUT2D eigenvalue weighted by molar-refractivity contribution is 0.211. The monoisotopic (exact) mass is 129 g/mol. The van der Waals surface area contributed by atoms with E-state index in [4.69, 9.17) is 5.73 Å². The molecular formula is C6H13N2O. The van der Waals surface area contributed by atoms with E-state index in [0.717, 1.165) is 6.42 Å². The topological polar surface area (TPSA) is 46.3 Å². The van der Waals surface area contributed by atoms with Crippen molar-refractivity contribution in [1.82, 2.24) is 4.90 Å². The summed E-state index contributed by atoms with van der Waals surface area (Å²) in [4.78, 5) is 12.0. The van der Waals surface area contributed by atoms with Crippen LogP contribution in [0.4, 0.5) is 4.79 Å². The highest BCUT2D eigenvalue weighted by Crippen LogP contribution is 1.87. The van der Waals surface area contributed by atoms with Gasteiger partial charge in [0.2, 0.25) is 0 Å². The molecule has 0 atom stereocenters. The van der Waals surface area contributed by atoms with Crippen LogP contribution in [-0.2, 0) is 0 Å². The Morgan fingerprint density at radius 1 is 1.78 bits per heavy atom. The number of hydrogen-bond acceptors (Lipinski definition) is 1. The Kier molecular flexibility index (Phi) is 3.84. The molecule has 0 aliphatic rings. The van der Waals surface area contributed by atoms with E-state index in [9.17, 15) is 4.79 Å². The van der Waals surface area contributed by atoms with Gasteiger partial charge in [-0.05, 0) is 13.3 Å². The van der Waals surface area contributed by atoms with Gasteiger partial charge in [0.05, 0.1) is 0 Å². The number of amides is 2. The van der Waals surface area contributed by atoms with Crippen LogP contribution in [0.1, 0.15) is 13.3 Å². The Morgan fingerprint density at radius 2 is 2.33 bits per heavy atom. The minimum atomic E-state index is -0.360. The van der Waals surface area contributed by atoms with Gasteiger partial charge in [0.25, 0.3) is 0 Å². The molecule has 0 fully saturated rings. The van der Waals surface area contributed by atoms with Gasteiger partial charge in [-0.2, -0.15) is 0 Å². The van der Waals surface area contributed by atoms with Crippen molar-refractivity contribution in [3.63, 3.8) is 0 Å². The molecule has 0 unspecified atom stereocenters. The summed E-state index contributed by atoms with van der Waals surface area (Å²) in [5.74, 6) is 0. The van der Waals surface area contributed by atoms with Gasteiger partial charge < -0.3 is 10.6 Å². The van der Waals surface area contributed by atoms with Gasteiger partial charge in [0, 0.05) is 13.1 Å². The molecule has 0 saturated carbocycles. The lowest BCUT2D eigenvalue weighted by atomic mass is 10.4. The Balaban J connectivity index is 3.54. The molecule has 0 rings (SSSR count). The van der Waals surface area contributed by atoms with Crippen LogP contribution in [0.5, 0.6) is 0 Å². The maximum absolute atomic E-state index is 10.4. The van der Waals surface area contributed by atoms with E-state index in [1.807, 2.05) is 6.92 Å². The summed E-state index contributed by atoms with van der Waals surface area (Å²) in [6, 6.07) is -0.360. The van der Waals surface area contributed by atoms with E-state index in [0.29, 0.717) is 13.1 Å². The van der Waals surface area contributed by atoms with E-state index in [2.05, 4.69) is 6.92 Å². The molecule has 3 nitrogen and oxygen atoms in total. The average molecular weight is 129 g/mol. The van der Waals surface area contributed by atoms with Crippen LogP contribution in [0.25, 0.3) is 0 Å². The number of urea groups is 1. The summed E-state index contributed by atoms with van der Waals surface area (Å²) in [6.07, 6.45) is 0.719. The molecule has 9 heavy (non-hydrogen) atoms. The second-order valence-corrected chi connectivity index (χ2v) is 1.77. The van der Waals surface area contributed by atoms with Crippen molar-refractivity contribution < 1.29 is 4.79 Å². The minimum absolute atomic E-state index is 0.360. The molecule has 0 aromatic carbocycles. The number of hydrogen-bond donors (Lipinski definition) is 1. The zero-order valence-corrected chi connectivity index (χ0v) is 5.76. The molecule has 0 aromatic rings. The highest BCUT2D eigenvalue weighted by molar-refractivity contribution is 5.71. The number of carbonyl (C=O) groups excluding carboxylic acids is 1. The Bertz CT molecular complexity index is 93.1. The molecule has 0 aliphatic carbocycles. The van der Waals surface area contributed by atoms with E-state index < -0.39 is 0 Å². The van der Waals surface area contributed by atoms with Gasteiger partial charge >= 0.3 is 6.03 Å². The summed E-state index contributed by atoms with van der Waals surface area (Å²) in [6.45, 7) is 6.83. The number of primary amides is 1. The first kappa shape index (κ1) is 8.27. The van der Waals surface area contributed by atoms with E-state index in [1.54, 1.807) is 4.90 Å². The molecule has 0 saturated heterocycles. The smallest absolute Gasteiger partial charge is 0.314 e. The molecule has 3 heteroatoms. The van der Waals surface area contributed by atoms with Crippen molar-refractivity contribution in [3.05, 3.63) is 6.92 Å². The van der Waals surface area contributed by atoms with E-state index >= 15 is 0 Å². The van der Waals surface area contributed by atoms with Crippen LogP contribution in [-0.4, -0.2) is 24.0 Å². The van der Waals surface area contributed by atoms with Crippen LogP contribution in [0.3, 0.4) is 0 Å². The second-order valence-electron chi connectivity index (χ2n) is 1.77. The van der Waals surface area contributed by atoms with Crippen LogP contribution >= 0.6 is 0 Å². The molecule has 0 spiro atoms. The molecule has 1 radical (unpaired) electrons. The van der Waals surface area contributed by atoms with Gasteiger partial charge in [-0.15, -0.1) is 0 Å². The van der Waals surface area contributed by atoms with Crippen LogP contribution < -0.4 is 5.73 Å². The number of nitrogens with zero attached hydrogens (tertiary/aromatic N) is 1. The van der Waals surface area contributed by atoms with Gasteiger partial charge in [0.15, 0.2) is 0 Å². The maximum atomic E-state index is 10.4. The summed E-state index contributed by atoms with van der Waals surface area (Å²) >= 11 is 0. The molecule has 0 heterocycles. The fourth-order valence-electron chi connectivity index (χ4n) is 0.615. The van der Waals surface area contributed by atoms with Crippen molar-refractivity contribution in [1.29, 1.82) is 0 Å². The number of carbonyl (C=O) groups is 1. The number of rotatable bonds is 3. The fourth-order valence-corrected chi connectivity index (χ4v) is 0.615. The summed E-state index contributed by atoms with van der Waals surface area (Å²) in [5, 5.41) is 0. The van der Waals surface area contributed by atoms with Crippen molar-refractivity contribution >= 4 is 6.03 Å². The summed E-state index contributed by atoms with van der Waals surface area (Å²) in [7, 11) is 0. The first-order valence-corrected chi connectivity index (χ1v) is 3.06. The van der Waals surface area contributed by atoms with Gasteiger partial charge in [0.1, 0.15) is 0 Å². The van der Waals surface area contributed by atoms with Crippen molar-refractivity contribution in [2.45, 2.75) is 13.3 Å². The highest BCUT2D eigenvalue weighted by Gasteiger charge is 2.02. The summed E-state index contributed by atoms with van der Waals surface area (Å²) in [5.41, 5.74) is 4.99. The van der Waals surface area contributed by atoms with E-state index in [1.165, 1.54) is 0 Å². The van der Waals surface area contributed by atoms with E-state index in [-0.39, 0.29) is 6.03 Å². The molecule has 0 bridgehead atoms. The van der Waals surface area contributed by atoms with Crippen LogP contribution in [0.15, 0.2) is 0 Å². The third-order valence-electron chi connectivity index (χ3n) is 1.12. The Hall–Kier alpha value is -0.730. The molecule has 2 N–H and O–H groups in total. The van der Waals surface area contributed by atoms with Crippen molar-refractivity contribution in [2.24, 2.45) is 5.73 Å². The molecule has 0 aliphatic heterocycles. The van der Waals surface area contributed by atoms with Crippen LogP contribution in [0.2, 0.25) is 0 Å². The van der Waals surface area contributed by atoms with Gasteiger partial charge in [-0.1, -0.05) is 6.92 Å². The predicted molar refractivity (Wildman–Crippen MR) is 36.8 cm³/mol. The van der Waals surface area contributed by atoms with Gasteiger partial charge in [-0.3, -0.25) is 0 Å². The zero-order chi connectivity index (χ0) is 7.28. The first-order valence-electron chi connectivity index (χ1n) is 3.06. The third-order valence-corrected chi connectivity index (χ3v) is 1.12. The van der Waals surface area contributed by atoms with Crippen molar-refractivity contribution in [3.8, 4) is 0 Å². The predicted octanol–water partition coefficient (Wildman–Crippen LogP) is 0.611.